The van der Waals surface area contributed by atoms with Crippen LogP contribution in [0.25, 0.3) is 0 Å². The second-order valence-corrected chi connectivity index (χ2v) is 25.2. The highest BCUT2D eigenvalue weighted by atomic mass is 31.2. The first kappa shape index (κ1) is 79.0. The van der Waals surface area contributed by atoms with E-state index >= 15 is 0 Å². The van der Waals surface area contributed by atoms with E-state index in [4.69, 9.17) is 24.3 Å². The second-order valence-electron chi connectivity index (χ2n) is 23.7. The van der Waals surface area contributed by atoms with Crippen molar-refractivity contribution in [3.05, 3.63) is 48.6 Å². The average Bonchev–Trinajstić information content (AvgIpc) is 3.46. The summed E-state index contributed by atoms with van der Waals surface area (Å²) in [5, 5.41) is 0. The highest BCUT2D eigenvalue weighted by Crippen LogP contribution is 2.43. The van der Waals surface area contributed by atoms with Crippen LogP contribution in [-0.4, -0.2) is 49.3 Å². The third-order valence-corrected chi connectivity index (χ3v) is 16.7. The molecule has 2 atom stereocenters. The third-order valence-electron chi connectivity index (χ3n) is 15.7. The average molecular weight is 1160 g/mol. The van der Waals surface area contributed by atoms with Crippen LogP contribution in [0, 0.1) is 0 Å². The largest absolute Gasteiger partial charge is 0.472 e. The zero-order chi connectivity index (χ0) is 58.7. The van der Waals surface area contributed by atoms with Crippen LogP contribution < -0.4 is 5.73 Å². The molecule has 0 radical (unpaired) electrons. The lowest BCUT2D eigenvalue weighted by Crippen LogP contribution is -2.29. The SMILES string of the molecule is CC/C=C\C/C=C\C/C=C\C/C=C\CCCCCCCCCCCCCCCCCCCCCCCCCCCCCCC(=O)OC(COC(=O)CCCCCCCCCCCCCCCCCCCCC)COP(=O)(O)OCCN. The van der Waals surface area contributed by atoms with E-state index in [9.17, 15) is 19.0 Å². The molecule has 0 bridgehead atoms. The molecule has 0 aliphatic heterocycles. The maximum Gasteiger partial charge on any atom is 0.472 e. The molecule has 10 heteroatoms. The topological polar surface area (TPSA) is 134 Å². The molecule has 2 unspecified atom stereocenters. The number of allylic oxidation sites excluding steroid dienone is 8. The summed E-state index contributed by atoms with van der Waals surface area (Å²) in [5.41, 5.74) is 5.40. The molecular weight excluding hydrogens is 1030 g/mol. The molecule has 0 amide bonds. The smallest absolute Gasteiger partial charge is 0.462 e. The molecule has 0 rings (SSSR count). The zero-order valence-corrected chi connectivity index (χ0v) is 54.4. The summed E-state index contributed by atoms with van der Waals surface area (Å²) in [6.07, 6.45) is 85.1. The molecule has 0 aromatic carbocycles. The number of rotatable bonds is 67. The molecule has 9 nitrogen and oxygen atoms in total. The Balaban J connectivity index is 3.73. The molecule has 476 valence electrons. The van der Waals surface area contributed by atoms with Crippen molar-refractivity contribution in [3.8, 4) is 0 Å². The number of unbranched alkanes of at least 4 members (excludes halogenated alkanes) is 46. The zero-order valence-electron chi connectivity index (χ0n) is 53.5. The van der Waals surface area contributed by atoms with Crippen molar-refractivity contribution in [1.82, 2.24) is 0 Å². The highest BCUT2D eigenvalue weighted by Gasteiger charge is 2.26. The van der Waals surface area contributed by atoms with Gasteiger partial charge in [0.05, 0.1) is 13.2 Å². The van der Waals surface area contributed by atoms with Gasteiger partial charge in [-0.2, -0.15) is 0 Å². The maximum absolute atomic E-state index is 12.8. The van der Waals surface area contributed by atoms with Gasteiger partial charge in [-0.25, -0.2) is 4.57 Å². The van der Waals surface area contributed by atoms with Gasteiger partial charge >= 0.3 is 19.8 Å². The van der Waals surface area contributed by atoms with E-state index in [-0.39, 0.29) is 38.6 Å². The molecule has 0 aromatic heterocycles. The summed E-state index contributed by atoms with van der Waals surface area (Å²) in [6.45, 7) is 3.70. The van der Waals surface area contributed by atoms with Crippen LogP contribution in [0.1, 0.15) is 361 Å². The van der Waals surface area contributed by atoms with E-state index in [1.54, 1.807) is 0 Å². The van der Waals surface area contributed by atoms with Crippen LogP contribution in [0.15, 0.2) is 48.6 Å². The Morgan fingerprint density at radius 1 is 0.383 bits per heavy atom. The molecule has 0 aliphatic rings. The first-order valence-corrected chi connectivity index (χ1v) is 36.6. The van der Waals surface area contributed by atoms with Crippen LogP contribution in [-0.2, 0) is 32.7 Å². The van der Waals surface area contributed by atoms with Crippen molar-refractivity contribution >= 4 is 19.8 Å². The van der Waals surface area contributed by atoms with Crippen LogP contribution in [0.5, 0.6) is 0 Å². The van der Waals surface area contributed by atoms with Gasteiger partial charge in [-0.3, -0.25) is 18.6 Å². The van der Waals surface area contributed by atoms with Crippen molar-refractivity contribution in [2.75, 3.05) is 26.4 Å². The first-order valence-electron chi connectivity index (χ1n) is 35.1. The minimum absolute atomic E-state index is 0.0567. The fourth-order valence-corrected chi connectivity index (χ4v) is 11.3. The van der Waals surface area contributed by atoms with Gasteiger partial charge in [0.15, 0.2) is 6.10 Å². The summed E-state index contributed by atoms with van der Waals surface area (Å²) in [5.74, 6) is -0.804. The van der Waals surface area contributed by atoms with E-state index in [0.717, 1.165) is 57.8 Å². The number of carbonyl (C=O) groups is 2. The van der Waals surface area contributed by atoms with Crippen molar-refractivity contribution in [2.45, 2.75) is 367 Å². The number of hydrogen-bond donors (Lipinski definition) is 2. The van der Waals surface area contributed by atoms with Crippen LogP contribution >= 0.6 is 7.82 Å². The Morgan fingerprint density at radius 2 is 0.679 bits per heavy atom. The highest BCUT2D eigenvalue weighted by molar-refractivity contribution is 7.47. The fourth-order valence-electron chi connectivity index (χ4n) is 10.6. The molecule has 0 aliphatic carbocycles. The lowest BCUT2D eigenvalue weighted by Gasteiger charge is -2.19. The van der Waals surface area contributed by atoms with E-state index in [0.29, 0.717) is 6.42 Å². The summed E-state index contributed by atoms with van der Waals surface area (Å²) in [4.78, 5) is 35.3. The molecule has 3 N–H and O–H groups in total. The number of hydrogen-bond acceptors (Lipinski definition) is 8. The fraction of sp³-hybridized carbons (Fsp3) is 0.859. The van der Waals surface area contributed by atoms with Crippen molar-refractivity contribution in [3.63, 3.8) is 0 Å². The molecule has 0 spiro atoms. The van der Waals surface area contributed by atoms with Gasteiger partial charge < -0.3 is 20.1 Å². The number of nitrogens with two attached hydrogens (primary N) is 1. The molecule has 0 heterocycles. The Labute approximate surface area is 502 Å². The van der Waals surface area contributed by atoms with E-state index in [1.165, 1.54) is 270 Å². The Hall–Kier alpha value is -2.03. The predicted octanol–water partition coefficient (Wildman–Crippen LogP) is 22.9. The Kier molecular flexibility index (Phi) is 65.4. The van der Waals surface area contributed by atoms with Gasteiger partial charge in [-0.15, -0.1) is 0 Å². The van der Waals surface area contributed by atoms with E-state index in [1.807, 2.05) is 0 Å². The van der Waals surface area contributed by atoms with E-state index < -0.39 is 26.5 Å². The molecule has 0 fully saturated rings. The Morgan fingerprint density at radius 3 is 1.01 bits per heavy atom. The predicted molar refractivity (Wildman–Crippen MR) is 349 cm³/mol. The third kappa shape index (κ3) is 67.0. The summed E-state index contributed by atoms with van der Waals surface area (Å²) in [7, 11) is -4.39. The summed E-state index contributed by atoms with van der Waals surface area (Å²) < 4.78 is 33.2. The van der Waals surface area contributed by atoms with Gasteiger partial charge in [0.25, 0.3) is 0 Å². The minimum atomic E-state index is -4.39. The van der Waals surface area contributed by atoms with Crippen molar-refractivity contribution in [1.29, 1.82) is 0 Å². The Bertz CT molecular complexity index is 1470. The van der Waals surface area contributed by atoms with Gasteiger partial charge in [0.2, 0.25) is 0 Å². The number of phosphoric acid groups is 1. The standard InChI is InChI=1S/C71H134NO8P/c1-3-5-7-9-11-13-15-17-19-21-23-24-25-26-27-28-29-30-31-32-33-34-35-36-37-38-39-40-41-42-43-44-46-48-50-52-54-56-58-60-62-64-71(74)80-69(68-79-81(75,76)78-66-65-72)67-77-70(73)63-61-59-57-55-53-51-49-47-45-22-20-18-16-14-12-10-8-6-4-2/h5,7,11,13,17,19,23-24,69H,3-4,6,8-10,12,14-16,18,20-22,25-68,72H2,1-2H3,(H,75,76)/b7-5-,13-11-,19-17-,24-23-. The lowest BCUT2D eigenvalue weighted by molar-refractivity contribution is -0.161. The first-order chi connectivity index (χ1) is 39.8. The van der Waals surface area contributed by atoms with Gasteiger partial charge in [-0.05, 0) is 51.4 Å². The van der Waals surface area contributed by atoms with Crippen LogP contribution in [0.2, 0.25) is 0 Å². The summed E-state index contributed by atoms with van der Waals surface area (Å²) >= 11 is 0. The van der Waals surface area contributed by atoms with Crippen molar-refractivity contribution in [2.24, 2.45) is 5.73 Å². The maximum atomic E-state index is 12.8. The van der Waals surface area contributed by atoms with Crippen LogP contribution in [0.3, 0.4) is 0 Å². The van der Waals surface area contributed by atoms with Crippen molar-refractivity contribution < 1.29 is 37.6 Å². The number of ether oxygens (including phenoxy) is 2. The lowest BCUT2D eigenvalue weighted by atomic mass is 10.0. The van der Waals surface area contributed by atoms with Gasteiger partial charge in [0.1, 0.15) is 6.61 Å². The number of phosphoric ester groups is 1. The quantitative estimate of drug-likeness (QED) is 0.0264. The van der Waals surface area contributed by atoms with Gasteiger partial charge in [-0.1, -0.05) is 345 Å². The summed E-state index contributed by atoms with van der Waals surface area (Å²) in [6, 6.07) is 0. The molecule has 0 saturated heterocycles. The molecule has 0 aromatic rings. The van der Waals surface area contributed by atoms with Gasteiger partial charge in [0, 0.05) is 19.4 Å². The van der Waals surface area contributed by atoms with E-state index in [2.05, 4.69) is 62.5 Å². The molecule has 81 heavy (non-hydrogen) atoms. The number of carbonyl (C=O) groups excluding carboxylic acids is 2. The molecule has 0 saturated carbocycles. The number of esters is 2. The van der Waals surface area contributed by atoms with Crippen LogP contribution in [0.4, 0.5) is 0 Å². The normalized spacial score (nSPS) is 13.2. The minimum Gasteiger partial charge on any atom is -0.462 e. The monoisotopic (exact) mass is 1160 g/mol. The molecular formula is C71H134NO8P. The second kappa shape index (κ2) is 67.1.